The zero-order valence-electron chi connectivity index (χ0n) is 25.0. The molecular formula is C43H30O. The van der Waals surface area contributed by atoms with Crippen LogP contribution in [-0.4, -0.2) is 0 Å². The van der Waals surface area contributed by atoms with Crippen LogP contribution in [0, 0.1) is 20.8 Å². The number of rotatable bonds is 3. The van der Waals surface area contributed by atoms with Crippen molar-refractivity contribution in [1.82, 2.24) is 0 Å². The van der Waals surface area contributed by atoms with Gasteiger partial charge >= 0.3 is 0 Å². The Kier molecular flexibility index (Phi) is 5.31. The zero-order chi connectivity index (χ0) is 29.5. The van der Waals surface area contributed by atoms with Crippen molar-refractivity contribution in [2.45, 2.75) is 20.8 Å². The molecule has 0 saturated heterocycles. The summed E-state index contributed by atoms with van der Waals surface area (Å²) in [6.45, 7) is 6.61. The summed E-state index contributed by atoms with van der Waals surface area (Å²) in [6, 6.07) is 46.8. The van der Waals surface area contributed by atoms with Crippen LogP contribution >= 0.6 is 0 Å². The van der Waals surface area contributed by atoms with E-state index in [0.29, 0.717) is 0 Å². The molecule has 1 heteroatoms. The molecule has 0 aliphatic carbocycles. The lowest BCUT2D eigenvalue weighted by molar-refractivity contribution is 0.670. The Balaban J connectivity index is 1.25. The quantitative estimate of drug-likeness (QED) is 0.195. The molecule has 0 aliphatic heterocycles. The molecule has 0 atom stereocenters. The molecule has 0 unspecified atom stereocenters. The molecule has 0 saturated carbocycles. The first kappa shape index (κ1) is 25.1. The molecule has 1 nitrogen and oxygen atoms in total. The normalized spacial score (nSPS) is 12.0. The van der Waals surface area contributed by atoms with Gasteiger partial charge in [-0.25, -0.2) is 0 Å². The van der Waals surface area contributed by atoms with Gasteiger partial charge in [-0.2, -0.15) is 0 Å². The average molecular weight is 563 g/mol. The standard InChI is InChI=1S/C43H30O/c1-25-11-13-28(14-12-25)31-19-15-29-18-22-35-32(20-16-30-17-21-34(31)41(29)42(30)35)38-23-27(3)39(24-26(38)2)37-9-6-8-36-33-7-4-5-10-40(33)44-43(36)37/h4-24H,1-3H3. The first-order chi connectivity index (χ1) is 21.5. The van der Waals surface area contributed by atoms with E-state index in [1.807, 2.05) is 6.07 Å². The Morgan fingerprint density at radius 1 is 0.409 bits per heavy atom. The molecule has 9 aromatic rings. The van der Waals surface area contributed by atoms with E-state index in [1.54, 1.807) is 0 Å². The van der Waals surface area contributed by atoms with Crippen LogP contribution in [0.15, 0.2) is 132 Å². The molecule has 0 aliphatic rings. The fourth-order valence-corrected chi connectivity index (χ4v) is 7.38. The molecule has 0 fully saturated rings. The fourth-order valence-electron chi connectivity index (χ4n) is 7.38. The van der Waals surface area contributed by atoms with E-state index in [9.17, 15) is 0 Å². The summed E-state index contributed by atoms with van der Waals surface area (Å²) in [5.41, 5.74) is 13.1. The van der Waals surface area contributed by atoms with E-state index < -0.39 is 0 Å². The Morgan fingerprint density at radius 2 is 1.00 bits per heavy atom. The minimum atomic E-state index is 0.931. The maximum Gasteiger partial charge on any atom is 0.143 e. The Hall–Kier alpha value is -5.40. The van der Waals surface area contributed by atoms with Crippen LogP contribution in [0.1, 0.15) is 16.7 Å². The van der Waals surface area contributed by atoms with Crippen LogP contribution in [0.25, 0.3) is 87.6 Å². The van der Waals surface area contributed by atoms with Gasteiger partial charge in [-0.15, -0.1) is 0 Å². The number of aryl methyl sites for hydroxylation is 3. The van der Waals surface area contributed by atoms with Crippen LogP contribution in [0.4, 0.5) is 0 Å². The lowest BCUT2D eigenvalue weighted by Crippen LogP contribution is -1.93. The van der Waals surface area contributed by atoms with E-state index in [4.69, 9.17) is 4.42 Å². The minimum Gasteiger partial charge on any atom is -0.455 e. The predicted octanol–water partition coefficient (Wildman–Crippen LogP) is 12.4. The largest absolute Gasteiger partial charge is 0.455 e. The number of benzene rings is 8. The summed E-state index contributed by atoms with van der Waals surface area (Å²) in [6.07, 6.45) is 0. The first-order valence-electron chi connectivity index (χ1n) is 15.3. The number of hydrogen-bond donors (Lipinski definition) is 0. The first-order valence-corrected chi connectivity index (χ1v) is 15.3. The molecule has 0 radical (unpaired) electrons. The van der Waals surface area contributed by atoms with Crippen molar-refractivity contribution < 1.29 is 4.42 Å². The van der Waals surface area contributed by atoms with Crippen LogP contribution < -0.4 is 0 Å². The lowest BCUT2D eigenvalue weighted by atomic mass is 9.85. The second-order valence-corrected chi connectivity index (χ2v) is 12.3. The van der Waals surface area contributed by atoms with Gasteiger partial charge < -0.3 is 4.42 Å². The van der Waals surface area contributed by atoms with Crippen molar-refractivity contribution in [1.29, 1.82) is 0 Å². The topological polar surface area (TPSA) is 13.1 Å². The maximum absolute atomic E-state index is 6.42. The molecule has 0 amide bonds. The molecule has 8 aromatic carbocycles. The molecule has 9 rings (SSSR count). The molecule has 208 valence electrons. The highest BCUT2D eigenvalue weighted by Crippen LogP contribution is 2.44. The number of fused-ring (bicyclic) bond motifs is 3. The third kappa shape index (κ3) is 3.59. The molecule has 1 heterocycles. The molecular weight excluding hydrogens is 532 g/mol. The highest BCUT2D eigenvalue weighted by Gasteiger charge is 2.18. The molecule has 0 bridgehead atoms. The van der Waals surface area contributed by atoms with Gasteiger partial charge in [0.15, 0.2) is 0 Å². The van der Waals surface area contributed by atoms with Crippen molar-refractivity contribution >= 4 is 54.3 Å². The maximum atomic E-state index is 6.42. The predicted molar refractivity (Wildman–Crippen MR) is 188 cm³/mol. The van der Waals surface area contributed by atoms with E-state index >= 15 is 0 Å². The van der Waals surface area contributed by atoms with Crippen LogP contribution in [0.2, 0.25) is 0 Å². The fraction of sp³-hybridized carbons (Fsp3) is 0.0698. The lowest BCUT2D eigenvalue weighted by Gasteiger charge is -2.18. The van der Waals surface area contributed by atoms with Crippen LogP contribution in [0.3, 0.4) is 0 Å². The van der Waals surface area contributed by atoms with Gasteiger partial charge in [0.05, 0.1) is 0 Å². The summed E-state index contributed by atoms with van der Waals surface area (Å²) >= 11 is 0. The highest BCUT2D eigenvalue weighted by molar-refractivity contribution is 6.27. The Bertz CT molecular complexity index is 2560. The molecule has 44 heavy (non-hydrogen) atoms. The third-order valence-corrected chi connectivity index (χ3v) is 9.58. The third-order valence-electron chi connectivity index (χ3n) is 9.58. The van der Waals surface area contributed by atoms with Crippen molar-refractivity contribution in [3.63, 3.8) is 0 Å². The van der Waals surface area contributed by atoms with Crippen molar-refractivity contribution in [2.24, 2.45) is 0 Å². The summed E-state index contributed by atoms with van der Waals surface area (Å²) < 4.78 is 6.42. The molecule has 1 aromatic heterocycles. The second kappa shape index (κ2) is 9.30. The van der Waals surface area contributed by atoms with Gasteiger partial charge in [-0.05, 0) is 98.1 Å². The van der Waals surface area contributed by atoms with E-state index in [1.165, 1.54) is 76.8 Å². The Morgan fingerprint density at radius 3 is 1.73 bits per heavy atom. The number of hydrogen-bond acceptors (Lipinski definition) is 1. The van der Waals surface area contributed by atoms with Gasteiger partial charge in [0, 0.05) is 16.3 Å². The average Bonchev–Trinajstić information content (AvgIpc) is 3.44. The van der Waals surface area contributed by atoms with E-state index in [0.717, 1.165) is 27.5 Å². The van der Waals surface area contributed by atoms with E-state index in [2.05, 4.69) is 142 Å². The summed E-state index contributed by atoms with van der Waals surface area (Å²) in [7, 11) is 0. The Labute approximate surface area is 256 Å². The van der Waals surface area contributed by atoms with Crippen LogP contribution in [-0.2, 0) is 0 Å². The summed E-state index contributed by atoms with van der Waals surface area (Å²) in [5, 5.41) is 10.2. The van der Waals surface area contributed by atoms with Gasteiger partial charge in [-0.3, -0.25) is 0 Å². The number of furan rings is 1. The van der Waals surface area contributed by atoms with Gasteiger partial charge in [0.25, 0.3) is 0 Å². The van der Waals surface area contributed by atoms with Crippen molar-refractivity contribution in [2.75, 3.05) is 0 Å². The summed E-state index contributed by atoms with van der Waals surface area (Å²) in [5.74, 6) is 0. The monoisotopic (exact) mass is 562 g/mol. The van der Waals surface area contributed by atoms with Crippen LogP contribution in [0.5, 0.6) is 0 Å². The highest BCUT2D eigenvalue weighted by atomic mass is 16.3. The van der Waals surface area contributed by atoms with Crippen molar-refractivity contribution in [3.05, 3.63) is 144 Å². The second-order valence-electron chi connectivity index (χ2n) is 12.3. The van der Waals surface area contributed by atoms with Crippen molar-refractivity contribution in [3.8, 4) is 33.4 Å². The van der Waals surface area contributed by atoms with Gasteiger partial charge in [-0.1, -0.05) is 127 Å². The molecule has 0 N–H and O–H groups in total. The number of para-hydroxylation sites is 2. The SMILES string of the molecule is Cc1ccc(-c2ccc3ccc4c(-c5cc(C)c(-c6cccc7c6oc6ccccc67)cc5C)ccc5ccc2c3c54)cc1. The molecule has 0 spiro atoms. The van der Waals surface area contributed by atoms with Gasteiger partial charge in [0.2, 0.25) is 0 Å². The van der Waals surface area contributed by atoms with E-state index in [-0.39, 0.29) is 0 Å². The smallest absolute Gasteiger partial charge is 0.143 e. The van der Waals surface area contributed by atoms with Gasteiger partial charge in [0.1, 0.15) is 11.2 Å². The minimum absolute atomic E-state index is 0.931. The summed E-state index contributed by atoms with van der Waals surface area (Å²) in [4.78, 5) is 0. The zero-order valence-corrected chi connectivity index (χ0v) is 25.0.